The van der Waals surface area contributed by atoms with Gasteiger partial charge in [0.1, 0.15) is 5.82 Å². The van der Waals surface area contributed by atoms with Gasteiger partial charge in [0.05, 0.1) is 6.04 Å². The van der Waals surface area contributed by atoms with Crippen LogP contribution in [-0.4, -0.2) is 41.5 Å². The van der Waals surface area contributed by atoms with Crippen molar-refractivity contribution in [2.45, 2.75) is 75.7 Å². The van der Waals surface area contributed by atoms with Gasteiger partial charge in [-0.15, -0.1) is 12.4 Å². The summed E-state index contributed by atoms with van der Waals surface area (Å²) in [5, 5.41) is 6.96. The SMILES string of the molecule is Cl.O=C(NC1CC2CCC(C1)N2)C1CCCCN1Cc1ccc(F)cc1. The van der Waals surface area contributed by atoms with Gasteiger partial charge in [-0.1, -0.05) is 18.6 Å². The summed E-state index contributed by atoms with van der Waals surface area (Å²) >= 11 is 0. The summed E-state index contributed by atoms with van der Waals surface area (Å²) in [4.78, 5) is 15.2. The van der Waals surface area contributed by atoms with E-state index in [1.54, 1.807) is 0 Å². The van der Waals surface area contributed by atoms with Crippen molar-refractivity contribution in [1.29, 1.82) is 0 Å². The zero-order valence-electron chi connectivity index (χ0n) is 15.1. The van der Waals surface area contributed by atoms with Crippen molar-refractivity contribution in [2.75, 3.05) is 6.54 Å². The van der Waals surface area contributed by atoms with Crippen LogP contribution in [0.2, 0.25) is 0 Å². The zero-order chi connectivity index (χ0) is 17.2. The molecule has 0 spiro atoms. The van der Waals surface area contributed by atoms with Gasteiger partial charge in [-0.25, -0.2) is 4.39 Å². The molecular formula is C20H29ClFN3O. The average molecular weight is 382 g/mol. The molecule has 0 aromatic heterocycles. The molecular weight excluding hydrogens is 353 g/mol. The molecule has 3 fully saturated rings. The van der Waals surface area contributed by atoms with Crippen LogP contribution in [0.25, 0.3) is 0 Å². The van der Waals surface area contributed by atoms with Crippen LogP contribution in [-0.2, 0) is 11.3 Å². The number of benzene rings is 1. The highest BCUT2D eigenvalue weighted by Gasteiger charge is 2.36. The van der Waals surface area contributed by atoms with E-state index < -0.39 is 0 Å². The molecule has 6 heteroatoms. The van der Waals surface area contributed by atoms with Gasteiger partial charge in [-0.2, -0.15) is 0 Å². The minimum Gasteiger partial charge on any atom is -0.352 e. The van der Waals surface area contributed by atoms with E-state index >= 15 is 0 Å². The Bertz CT molecular complexity index is 600. The van der Waals surface area contributed by atoms with Crippen LogP contribution in [0.15, 0.2) is 24.3 Å². The van der Waals surface area contributed by atoms with Gasteiger partial charge in [0, 0.05) is 24.7 Å². The van der Waals surface area contributed by atoms with Crippen LogP contribution >= 0.6 is 12.4 Å². The lowest BCUT2D eigenvalue weighted by Gasteiger charge is -2.37. The Morgan fingerprint density at radius 2 is 1.81 bits per heavy atom. The van der Waals surface area contributed by atoms with E-state index in [0.717, 1.165) is 50.8 Å². The van der Waals surface area contributed by atoms with Crippen molar-refractivity contribution in [3.8, 4) is 0 Å². The number of hydrogen-bond donors (Lipinski definition) is 2. The molecule has 3 unspecified atom stereocenters. The normalized spacial score (nSPS) is 31.3. The second-order valence-corrected chi connectivity index (χ2v) is 7.92. The van der Waals surface area contributed by atoms with E-state index in [1.807, 2.05) is 12.1 Å². The highest BCUT2D eigenvalue weighted by molar-refractivity contribution is 5.85. The monoisotopic (exact) mass is 381 g/mol. The van der Waals surface area contributed by atoms with Crippen LogP contribution in [0.5, 0.6) is 0 Å². The van der Waals surface area contributed by atoms with Crippen molar-refractivity contribution in [2.24, 2.45) is 0 Å². The summed E-state index contributed by atoms with van der Waals surface area (Å²) in [6.07, 6.45) is 7.77. The van der Waals surface area contributed by atoms with Gasteiger partial charge in [0.15, 0.2) is 0 Å². The number of halogens is 2. The molecule has 3 heterocycles. The number of likely N-dealkylation sites (tertiary alicyclic amines) is 1. The second kappa shape index (κ2) is 8.68. The Hall–Kier alpha value is -1.17. The van der Waals surface area contributed by atoms with Gasteiger partial charge in [-0.05, 0) is 62.8 Å². The van der Waals surface area contributed by atoms with Gasteiger partial charge in [0.25, 0.3) is 0 Å². The molecule has 1 aromatic rings. The summed E-state index contributed by atoms with van der Waals surface area (Å²) in [5.41, 5.74) is 1.07. The van der Waals surface area contributed by atoms with E-state index in [-0.39, 0.29) is 30.2 Å². The Morgan fingerprint density at radius 3 is 2.50 bits per heavy atom. The number of fused-ring (bicyclic) bond motifs is 2. The maximum atomic E-state index is 13.1. The highest BCUT2D eigenvalue weighted by Crippen LogP contribution is 2.27. The van der Waals surface area contributed by atoms with E-state index in [2.05, 4.69) is 15.5 Å². The van der Waals surface area contributed by atoms with Gasteiger partial charge < -0.3 is 10.6 Å². The molecule has 3 atom stereocenters. The van der Waals surface area contributed by atoms with Gasteiger partial charge in [-0.3, -0.25) is 9.69 Å². The van der Waals surface area contributed by atoms with Gasteiger partial charge in [0.2, 0.25) is 5.91 Å². The lowest BCUT2D eigenvalue weighted by molar-refractivity contribution is -0.128. The zero-order valence-corrected chi connectivity index (χ0v) is 15.9. The molecule has 26 heavy (non-hydrogen) atoms. The molecule has 0 radical (unpaired) electrons. The topological polar surface area (TPSA) is 44.4 Å². The van der Waals surface area contributed by atoms with Crippen molar-refractivity contribution in [3.63, 3.8) is 0 Å². The largest absolute Gasteiger partial charge is 0.352 e. The molecule has 2 bridgehead atoms. The van der Waals surface area contributed by atoms with Crippen LogP contribution < -0.4 is 10.6 Å². The van der Waals surface area contributed by atoms with Gasteiger partial charge >= 0.3 is 0 Å². The van der Waals surface area contributed by atoms with Crippen molar-refractivity contribution >= 4 is 18.3 Å². The fourth-order valence-electron chi connectivity index (χ4n) is 4.77. The van der Waals surface area contributed by atoms with Crippen LogP contribution in [0, 0.1) is 5.82 Å². The molecule has 1 amide bonds. The minimum atomic E-state index is -0.211. The summed E-state index contributed by atoms with van der Waals surface area (Å²) < 4.78 is 13.1. The maximum Gasteiger partial charge on any atom is 0.237 e. The van der Waals surface area contributed by atoms with Crippen LogP contribution in [0.3, 0.4) is 0 Å². The Balaban J connectivity index is 0.00000196. The standard InChI is InChI=1S/C20H28FN3O.ClH/c21-15-6-4-14(5-7-15)13-24-10-2-1-3-19(24)20(25)23-18-11-16-8-9-17(12-18)22-16;/h4-7,16-19,22H,1-3,8-13H2,(H,23,25);1H. The van der Waals surface area contributed by atoms with E-state index in [4.69, 9.17) is 0 Å². The van der Waals surface area contributed by atoms with Crippen LogP contribution in [0.1, 0.15) is 50.5 Å². The first kappa shape index (κ1) is 19.6. The van der Waals surface area contributed by atoms with Crippen molar-refractivity contribution in [1.82, 2.24) is 15.5 Å². The number of nitrogens with zero attached hydrogens (tertiary/aromatic N) is 1. The highest BCUT2D eigenvalue weighted by atomic mass is 35.5. The number of amides is 1. The molecule has 0 aliphatic carbocycles. The first-order chi connectivity index (χ1) is 12.2. The third-order valence-electron chi connectivity index (χ3n) is 6.03. The van der Waals surface area contributed by atoms with Crippen molar-refractivity contribution in [3.05, 3.63) is 35.6 Å². The quantitative estimate of drug-likeness (QED) is 0.842. The Labute approximate surface area is 161 Å². The number of nitrogens with one attached hydrogen (secondary N) is 2. The number of carbonyl (C=O) groups is 1. The molecule has 3 aliphatic rings. The average Bonchev–Trinajstić information content (AvgIpc) is 2.96. The lowest BCUT2D eigenvalue weighted by atomic mass is 9.97. The third kappa shape index (κ3) is 4.56. The smallest absolute Gasteiger partial charge is 0.237 e. The van der Waals surface area contributed by atoms with E-state index in [1.165, 1.54) is 25.0 Å². The molecule has 4 nitrogen and oxygen atoms in total. The second-order valence-electron chi connectivity index (χ2n) is 7.92. The van der Waals surface area contributed by atoms with Crippen molar-refractivity contribution < 1.29 is 9.18 Å². The van der Waals surface area contributed by atoms with E-state index in [9.17, 15) is 9.18 Å². The first-order valence-electron chi connectivity index (χ1n) is 9.72. The molecule has 1 aromatic carbocycles. The first-order valence-corrected chi connectivity index (χ1v) is 9.72. The molecule has 3 aliphatic heterocycles. The predicted octanol–water partition coefficient (Wildman–Crippen LogP) is 3.00. The summed E-state index contributed by atoms with van der Waals surface area (Å²) in [5.74, 6) is -0.0228. The number of rotatable bonds is 4. The maximum absolute atomic E-state index is 13.1. The fourth-order valence-corrected chi connectivity index (χ4v) is 4.77. The Kier molecular flexibility index (Phi) is 6.54. The Morgan fingerprint density at radius 1 is 1.12 bits per heavy atom. The lowest BCUT2D eigenvalue weighted by Crippen LogP contribution is -2.54. The summed E-state index contributed by atoms with van der Waals surface area (Å²) in [7, 11) is 0. The molecule has 144 valence electrons. The minimum absolute atomic E-state index is 0. The number of carbonyl (C=O) groups excluding carboxylic acids is 1. The summed E-state index contributed by atoms with van der Waals surface area (Å²) in [6, 6.07) is 8.09. The number of hydrogen-bond acceptors (Lipinski definition) is 3. The molecule has 3 saturated heterocycles. The fraction of sp³-hybridized carbons (Fsp3) is 0.650. The molecule has 0 saturated carbocycles. The van der Waals surface area contributed by atoms with Crippen LogP contribution in [0.4, 0.5) is 4.39 Å². The molecule has 2 N–H and O–H groups in total. The predicted molar refractivity (Wildman–Crippen MR) is 103 cm³/mol. The third-order valence-corrected chi connectivity index (χ3v) is 6.03. The molecule has 4 rings (SSSR count). The summed E-state index contributed by atoms with van der Waals surface area (Å²) in [6.45, 7) is 1.66. The van der Waals surface area contributed by atoms with E-state index in [0.29, 0.717) is 18.1 Å². The number of piperidine rings is 2.